The lowest BCUT2D eigenvalue weighted by Gasteiger charge is -2.49. The zero-order valence-electron chi connectivity index (χ0n) is 15.3. The van der Waals surface area contributed by atoms with Gasteiger partial charge >= 0.3 is 0 Å². The summed E-state index contributed by atoms with van der Waals surface area (Å²) in [6.45, 7) is 8.87. The van der Waals surface area contributed by atoms with Gasteiger partial charge in [-0.2, -0.15) is 4.31 Å². The summed E-state index contributed by atoms with van der Waals surface area (Å²) in [5.74, 6) is 3.22. The maximum atomic E-state index is 13.4. The van der Waals surface area contributed by atoms with Gasteiger partial charge in [0.15, 0.2) is 0 Å². The highest BCUT2D eigenvalue weighted by Crippen LogP contribution is 2.58. The van der Waals surface area contributed by atoms with Gasteiger partial charge in [0.2, 0.25) is 10.0 Å². The molecule has 0 amide bonds. The van der Waals surface area contributed by atoms with Crippen LogP contribution < -0.4 is 0 Å². The summed E-state index contributed by atoms with van der Waals surface area (Å²) in [6.07, 6.45) is 6.60. The van der Waals surface area contributed by atoms with E-state index in [0.717, 1.165) is 23.8 Å². The summed E-state index contributed by atoms with van der Waals surface area (Å²) in [7, 11) is -3.45. The first-order chi connectivity index (χ1) is 11.9. The van der Waals surface area contributed by atoms with Gasteiger partial charge in [0.05, 0.1) is 4.90 Å². The summed E-state index contributed by atoms with van der Waals surface area (Å²) >= 11 is 0. The normalized spacial score (nSPS) is 37.8. The van der Waals surface area contributed by atoms with Gasteiger partial charge in [-0.1, -0.05) is 30.7 Å². The van der Waals surface area contributed by atoms with Crippen LogP contribution in [0.1, 0.15) is 38.2 Å². The van der Waals surface area contributed by atoms with Gasteiger partial charge in [-0.25, -0.2) is 8.42 Å². The third-order valence-electron chi connectivity index (χ3n) is 7.17. The van der Waals surface area contributed by atoms with E-state index in [4.69, 9.17) is 0 Å². The highest BCUT2D eigenvalue weighted by Gasteiger charge is 2.56. The van der Waals surface area contributed by atoms with Crippen LogP contribution in [-0.4, -0.2) is 25.3 Å². The zero-order valence-corrected chi connectivity index (χ0v) is 16.1. The van der Waals surface area contributed by atoms with Crippen molar-refractivity contribution in [3.63, 3.8) is 0 Å². The standard InChI is InChI=1S/C21H29NO2S/c1-4-5-20-15(3)21-17-9-8-16(12-17)19(21)13-22(20)25(23,24)18-10-6-14(2)7-11-18/h4,6-7,10-11,15-17,19-21H,1,5,8-9,12-13H2,2-3H3/t15-,16-,17+,19+,20?,21-/m0/s1. The maximum Gasteiger partial charge on any atom is 0.243 e. The Labute approximate surface area is 152 Å². The molecule has 1 saturated heterocycles. The number of rotatable bonds is 4. The van der Waals surface area contributed by atoms with Crippen molar-refractivity contribution in [2.75, 3.05) is 6.54 Å². The lowest BCUT2D eigenvalue weighted by atomic mass is 9.67. The van der Waals surface area contributed by atoms with Crippen molar-refractivity contribution >= 4 is 10.0 Å². The molecular weight excluding hydrogens is 330 g/mol. The smallest absolute Gasteiger partial charge is 0.207 e. The van der Waals surface area contributed by atoms with Crippen molar-refractivity contribution in [3.8, 4) is 0 Å². The average Bonchev–Trinajstić information content (AvgIpc) is 3.19. The Balaban J connectivity index is 1.71. The van der Waals surface area contributed by atoms with Crippen LogP contribution in [0, 0.1) is 36.5 Å². The molecule has 2 saturated carbocycles. The van der Waals surface area contributed by atoms with E-state index >= 15 is 0 Å². The molecule has 0 aromatic heterocycles. The molecule has 1 aromatic carbocycles. The number of hydrogen-bond donors (Lipinski definition) is 0. The molecule has 2 bridgehead atoms. The lowest BCUT2D eigenvalue weighted by molar-refractivity contribution is 0.0316. The van der Waals surface area contributed by atoms with E-state index in [9.17, 15) is 8.42 Å². The molecule has 4 heteroatoms. The molecule has 3 nitrogen and oxygen atoms in total. The van der Waals surface area contributed by atoms with Crippen molar-refractivity contribution in [3.05, 3.63) is 42.5 Å². The topological polar surface area (TPSA) is 37.4 Å². The van der Waals surface area contributed by atoms with Gasteiger partial charge in [0, 0.05) is 12.6 Å². The Morgan fingerprint density at radius 3 is 2.56 bits per heavy atom. The number of fused-ring (bicyclic) bond motifs is 5. The summed E-state index contributed by atoms with van der Waals surface area (Å²) < 4.78 is 28.7. The van der Waals surface area contributed by atoms with Crippen LogP contribution in [-0.2, 0) is 10.0 Å². The van der Waals surface area contributed by atoms with E-state index in [0.29, 0.717) is 29.2 Å². The SMILES string of the molecule is C=CCC1[C@H](C)[C@H]2[C@@H]3CC[C@@H](C3)[C@H]2CN1S(=O)(=O)c1ccc(C)cc1. The fraction of sp³-hybridized carbons (Fsp3) is 0.619. The number of sulfonamides is 1. The third-order valence-corrected chi connectivity index (χ3v) is 9.07. The van der Waals surface area contributed by atoms with Crippen molar-refractivity contribution in [2.24, 2.45) is 29.6 Å². The highest BCUT2D eigenvalue weighted by molar-refractivity contribution is 7.89. The minimum atomic E-state index is -3.45. The Morgan fingerprint density at radius 1 is 1.20 bits per heavy atom. The van der Waals surface area contributed by atoms with Crippen LogP contribution in [0.2, 0.25) is 0 Å². The molecule has 0 N–H and O–H groups in total. The Bertz CT molecular complexity index is 755. The molecule has 136 valence electrons. The molecule has 4 rings (SSSR count). The Morgan fingerprint density at radius 2 is 1.88 bits per heavy atom. The van der Waals surface area contributed by atoms with Crippen LogP contribution >= 0.6 is 0 Å². The van der Waals surface area contributed by atoms with Gasteiger partial charge in [-0.3, -0.25) is 0 Å². The van der Waals surface area contributed by atoms with E-state index < -0.39 is 10.0 Å². The largest absolute Gasteiger partial charge is 0.243 e. The fourth-order valence-electron chi connectivity index (χ4n) is 6.03. The average molecular weight is 360 g/mol. The molecular formula is C21H29NO2S. The first-order valence-corrected chi connectivity index (χ1v) is 11.1. The van der Waals surface area contributed by atoms with Crippen LogP contribution in [0.3, 0.4) is 0 Å². The summed E-state index contributed by atoms with van der Waals surface area (Å²) in [4.78, 5) is 0.431. The molecule has 6 atom stereocenters. The molecule has 1 unspecified atom stereocenters. The zero-order chi connectivity index (χ0) is 17.8. The van der Waals surface area contributed by atoms with E-state index in [2.05, 4.69) is 13.5 Å². The van der Waals surface area contributed by atoms with Crippen LogP contribution in [0.4, 0.5) is 0 Å². The quantitative estimate of drug-likeness (QED) is 0.754. The van der Waals surface area contributed by atoms with Crippen molar-refractivity contribution in [1.82, 2.24) is 4.31 Å². The second kappa shape index (κ2) is 6.24. The summed E-state index contributed by atoms with van der Waals surface area (Å²) in [5, 5.41) is 0. The monoisotopic (exact) mass is 359 g/mol. The predicted octanol–water partition coefficient (Wildman–Crippen LogP) is 4.24. The molecule has 3 aliphatic rings. The second-order valence-corrected chi connectivity index (χ2v) is 10.3. The number of piperidine rings is 1. The molecule has 1 aliphatic heterocycles. The third kappa shape index (κ3) is 2.69. The molecule has 1 heterocycles. The van der Waals surface area contributed by atoms with Crippen molar-refractivity contribution in [2.45, 2.75) is 50.5 Å². The van der Waals surface area contributed by atoms with Crippen LogP contribution in [0.15, 0.2) is 41.8 Å². The molecule has 1 aromatic rings. The van der Waals surface area contributed by atoms with Crippen molar-refractivity contribution < 1.29 is 8.42 Å². The highest BCUT2D eigenvalue weighted by atomic mass is 32.2. The van der Waals surface area contributed by atoms with E-state index in [-0.39, 0.29) is 6.04 Å². The minimum absolute atomic E-state index is 0.0457. The first kappa shape index (κ1) is 17.3. The van der Waals surface area contributed by atoms with Gasteiger partial charge < -0.3 is 0 Å². The van der Waals surface area contributed by atoms with Gasteiger partial charge in [-0.15, -0.1) is 6.58 Å². The maximum absolute atomic E-state index is 13.4. The van der Waals surface area contributed by atoms with Gasteiger partial charge in [-0.05, 0) is 74.3 Å². The molecule has 2 aliphatic carbocycles. The fourth-order valence-corrected chi connectivity index (χ4v) is 7.79. The predicted molar refractivity (Wildman–Crippen MR) is 101 cm³/mol. The summed E-state index contributed by atoms with van der Waals surface area (Å²) in [6, 6.07) is 7.34. The first-order valence-electron chi connectivity index (χ1n) is 9.63. The van der Waals surface area contributed by atoms with Gasteiger partial charge in [0.25, 0.3) is 0 Å². The van der Waals surface area contributed by atoms with Crippen molar-refractivity contribution in [1.29, 1.82) is 0 Å². The molecule has 25 heavy (non-hydrogen) atoms. The second-order valence-electron chi connectivity index (χ2n) is 8.41. The lowest BCUT2D eigenvalue weighted by Crippen LogP contribution is -2.55. The number of nitrogens with zero attached hydrogens (tertiary/aromatic N) is 1. The number of benzene rings is 1. The molecule has 0 spiro atoms. The van der Waals surface area contributed by atoms with E-state index in [1.54, 1.807) is 12.1 Å². The number of hydrogen-bond acceptors (Lipinski definition) is 2. The van der Waals surface area contributed by atoms with E-state index in [1.165, 1.54) is 19.3 Å². The molecule has 0 radical (unpaired) electrons. The van der Waals surface area contributed by atoms with Crippen LogP contribution in [0.5, 0.6) is 0 Å². The number of aryl methyl sites for hydroxylation is 1. The molecule has 3 fully saturated rings. The summed E-state index contributed by atoms with van der Waals surface area (Å²) in [5.41, 5.74) is 1.08. The Hall–Kier alpha value is -1.13. The minimum Gasteiger partial charge on any atom is -0.207 e. The van der Waals surface area contributed by atoms with Crippen LogP contribution in [0.25, 0.3) is 0 Å². The Kier molecular flexibility index (Phi) is 4.32. The van der Waals surface area contributed by atoms with Gasteiger partial charge in [0.1, 0.15) is 0 Å². The van der Waals surface area contributed by atoms with E-state index in [1.807, 2.05) is 29.4 Å².